The Balaban J connectivity index is 1.34. The van der Waals surface area contributed by atoms with E-state index >= 15 is 0 Å². The van der Waals surface area contributed by atoms with Crippen LogP contribution in [0.4, 0.5) is 0 Å². The van der Waals surface area contributed by atoms with Crippen LogP contribution in [0.5, 0.6) is 34.5 Å². The zero-order valence-electron chi connectivity index (χ0n) is 22.1. The second-order valence-electron chi connectivity index (χ2n) is 9.14. The minimum absolute atomic E-state index is 0.0213. The molecular formula is C33H22O10. The van der Waals surface area contributed by atoms with E-state index in [1.165, 1.54) is 66.8 Å². The number of phenolic OH excluding ortho intramolecular Hbond substituents is 4. The first-order chi connectivity index (χ1) is 20.7. The van der Waals surface area contributed by atoms with Gasteiger partial charge >= 0.3 is 11.9 Å². The van der Waals surface area contributed by atoms with Crippen molar-refractivity contribution in [1.82, 2.24) is 0 Å². The van der Waals surface area contributed by atoms with Crippen molar-refractivity contribution in [2.45, 2.75) is 0 Å². The topological polar surface area (TPSA) is 164 Å². The van der Waals surface area contributed by atoms with Crippen molar-refractivity contribution in [1.29, 1.82) is 0 Å². The number of rotatable bonds is 7. The van der Waals surface area contributed by atoms with Crippen molar-refractivity contribution in [3.63, 3.8) is 0 Å². The predicted molar refractivity (Wildman–Crippen MR) is 157 cm³/mol. The fraction of sp³-hybridized carbons (Fsp3) is 0. The largest absolute Gasteiger partial charge is 0.508 e. The number of esters is 2. The Bertz CT molecular complexity index is 1930. The first-order valence-electron chi connectivity index (χ1n) is 12.7. The lowest BCUT2D eigenvalue weighted by atomic mass is 10.1. The highest BCUT2D eigenvalue weighted by molar-refractivity contribution is 5.94. The van der Waals surface area contributed by atoms with Crippen LogP contribution >= 0.6 is 0 Å². The average molecular weight is 579 g/mol. The first kappa shape index (κ1) is 28.2. The summed E-state index contributed by atoms with van der Waals surface area (Å²) >= 11 is 0. The van der Waals surface area contributed by atoms with Gasteiger partial charge in [-0.3, -0.25) is 4.79 Å². The zero-order valence-corrected chi connectivity index (χ0v) is 22.1. The Hall–Kier alpha value is -6.29. The van der Waals surface area contributed by atoms with Crippen LogP contribution in [0.15, 0.2) is 106 Å². The molecule has 1 heterocycles. The molecule has 5 aromatic rings. The lowest BCUT2D eigenvalue weighted by molar-refractivity contribution is -0.129. The van der Waals surface area contributed by atoms with Crippen LogP contribution in [-0.4, -0.2) is 32.4 Å². The molecule has 0 spiro atoms. The normalized spacial score (nSPS) is 11.3. The van der Waals surface area contributed by atoms with Gasteiger partial charge in [0.1, 0.15) is 34.1 Å². The molecule has 0 aliphatic heterocycles. The molecule has 0 unspecified atom stereocenters. The van der Waals surface area contributed by atoms with Gasteiger partial charge in [-0.1, -0.05) is 24.3 Å². The van der Waals surface area contributed by atoms with Gasteiger partial charge in [-0.15, -0.1) is 0 Å². The van der Waals surface area contributed by atoms with Gasteiger partial charge in [-0.2, -0.15) is 0 Å². The van der Waals surface area contributed by atoms with E-state index in [4.69, 9.17) is 13.9 Å². The molecule has 0 saturated heterocycles. The summed E-state index contributed by atoms with van der Waals surface area (Å²) in [6.45, 7) is 0. The Kier molecular flexibility index (Phi) is 7.93. The Morgan fingerprint density at radius 3 is 1.77 bits per heavy atom. The number of phenols is 4. The molecule has 4 N–H and O–H groups in total. The van der Waals surface area contributed by atoms with Crippen molar-refractivity contribution in [2.24, 2.45) is 0 Å². The van der Waals surface area contributed by atoms with E-state index in [0.29, 0.717) is 16.7 Å². The molecule has 0 aliphatic carbocycles. The number of aromatic hydroxyl groups is 4. The van der Waals surface area contributed by atoms with Crippen LogP contribution in [0.3, 0.4) is 0 Å². The fourth-order valence-electron chi connectivity index (χ4n) is 3.98. The number of carbonyl (C=O) groups is 2. The van der Waals surface area contributed by atoms with Crippen LogP contribution in [0.2, 0.25) is 0 Å². The van der Waals surface area contributed by atoms with Crippen molar-refractivity contribution >= 4 is 35.1 Å². The van der Waals surface area contributed by atoms with Gasteiger partial charge < -0.3 is 34.3 Å². The Labute approximate surface area is 243 Å². The maximum absolute atomic E-state index is 12.8. The molecule has 214 valence electrons. The van der Waals surface area contributed by atoms with E-state index in [2.05, 4.69) is 0 Å². The number of hydrogen-bond donors (Lipinski definition) is 4. The van der Waals surface area contributed by atoms with Gasteiger partial charge in [-0.25, -0.2) is 9.59 Å². The molecule has 0 atom stereocenters. The summed E-state index contributed by atoms with van der Waals surface area (Å²) in [4.78, 5) is 37.4. The molecule has 10 heteroatoms. The maximum Gasteiger partial charge on any atom is 0.336 e. The minimum Gasteiger partial charge on any atom is -0.508 e. The van der Waals surface area contributed by atoms with E-state index in [-0.39, 0.29) is 28.4 Å². The summed E-state index contributed by atoms with van der Waals surface area (Å²) in [5.41, 5.74) is 0.611. The molecule has 0 aliphatic rings. The van der Waals surface area contributed by atoms with Crippen LogP contribution < -0.4 is 14.9 Å². The number of fused-ring (bicyclic) bond motifs is 1. The molecule has 0 radical (unpaired) electrons. The summed E-state index contributed by atoms with van der Waals surface area (Å²) in [5.74, 6) is -2.81. The SMILES string of the molecule is O=C(C=Cc1ccc(O)cc1)Oc1ccc(-c2cc(=O)c3c(O)cc(OC(=O)C=Cc4ccc(O)cc4)c(O)c3o2)cc1. The minimum atomic E-state index is -0.885. The predicted octanol–water partition coefficient (Wildman–Crippen LogP) is 5.52. The van der Waals surface area contributed by atoms with E-state index in [0.717, 1.165) is 18.2 Å². The van der Waals surface area contributed by atoms with Gasteiger partial charge in [-0.05, 0) is 71.8 Å². The summed E-state index contributed by atoms with van der Waals surface area (Å²) in [5, 5.41) is 39.6. The standard InChI is InChI=1S/C33H22O10/c34-22-9-1-19(2-10-22)5-15-29(38)41-24-13-7-21(8-14-24)27-17-25(36)31-26(37)18-28(32(40)33(31)43-27)42-30(39)16-6-20-3-11-23(35)12-4-20/h1-18,34-35,37,40H. The summed E-state index contributed by atoms with van der Waals surface area (Å²) in [6.07, 6.45) is 5.26. The number of carbonyl (C=O) groups excluding carboxylic acids is 2. The molecule has 1 aromatic heterocycles. The second kappa shape index (κ2) is 12.1. The molecule has 5 rings (SSSR count). The third-order valence-corrected chi connectivity index (χ3v) is 6.10. The molecule has 10 nitrogen and oxygen atoms in total. The Morgan fingerprint density at radius 1 is 0.674 bits per heavy atom. The van der Waals surface area contributed by atoms with Crippen LogP contribution in [0.1, 0.15) is 11.1 Å². The third kappa shape index (κ3) is 6.72. The summed E-state index contributed by atoms with van der Waals surface area (Å²) in [7, 11) is 0. The number of hydrogen-bond acceptors (Lipinski definition) is 10. The Morgan fingerprint density at radius 2 is 1.21 bits per heavy atom. The highest BCUT2D eigenvalue weighted by Gasteiger charge is 2.20. The monoisotopic (exact) mass is 578 g/mol. The molecule has 0 amide bonds. The lowest BCUT2D eigenvalue weighted by Crippen LogP contribution is -2.06. The number of ether oxygens (including phenoxy) is 2. The fourth-order valence-corrected chi connectivity index (χ4v) is 3.98. The third-order valence-electron chi connectivity index (χ3n) is 6.10. The van der Waals surface area contributed by atoms with Gasteiger partial charge in [0.2, 0.25) is 5.75 Å². The summed E-state index contributed by atoms with van der Waals surface area (Å²) < 4.78 is 16.2. The van der Waals surface area contributed by atoms with E-state index < -0.39 is 40.2 Å². The quantitative estimate of drug-likeness (QED) is 0.0837. The molecule has 0 saturated carbocycles. The summed E-state index contributed by atoms with van der Waals surface area (Å²) in [6, 6.07) is 20.3. The van der Waals surface area contributed by atoms with Gasteiger partial charge in [0, 0.05) is 29.8 Å². The van der Waals surface area contributed by atoms with Crippen molar-refractivity contribution in [3.8, 4) is 45.8 Å². The smallest absolute Gasteiger partial charge is 0.336 e. The molecular weight excluding hydrogens is 556 g/mol. The highest BCUT2D eigenvalue weighted by atomic mass is 16.5. The first-order valence-corrected chi connectivity index (χ1v) is 12.7. The van der Waals surface area contributed by atoms with Crippen LogP contribution in [0.25, 0.3) is 34.4 Å². The molecule has 0 bridgehead atoms. The van der Waals surface area contributed by atoms with Gasteiger partial charge in [0.05, 0.1) is 0 Å². The van der Waals surface area contributed by atoms with E-state index in [9.17, 15) is 34.8 Å². The number of benzene rings is 4. The maximum atomic E-state index is 12.8. The van der Waals surface area contributed by atoms with Gasteiger partial charge in [0.25, 0.3) is 0 Å². The van der Waals surface area contributed by atoms with Crippen LogP contribution in [-0.2, 0) is 9.59 Å². The van der Waals surface area contributed by atoms with Crippen LogP contribution in [0, 0.1) is 0 Å². The van der Waals surface area contributed by atoms with E-state index in [1.807, 2.05) is 0 Å². The molecule has 43 heavy (non-hydrogen) atoms. The second-order valence-corrected chi connectivity index (χ2v) is 9.14. The van der Waals surface area contributed by atoms with E-state index in [1.54, 1.807) is 24.3 Å². The van der Waals surface area contributed by atoms with Crippen molar-refractivity contribution < 1.29 is 43.9 Å². The van der Waals surface area contributed by atoms with Crippen molar-refractivity contribution in [3.05, 3.63) is 118 Å². The highest BCUT2D eigenvalue weighted by Crippen LogP contribution is 2.40. The average Bonchev–Trinajstić information content (AvgIpc) is 2.99. The van der Waals surface area contributed by atoms with Gasteiger partial charge in [0.15, 0.2) is 16.8 Å². The molecule has 4 aromatic carbocycles. The molecule has 0 fully saturated rings. The lowest BCUT2D eigenvalue weighted by Gasteiger charge is -2.10. The zero-order chi connectivity index (χ0) is 30.5. The van der Waals surface area contributed by atoms with Crippen molar-refractivity contribution in [2.75, 3.05) is 0 Å².